The van der Waals surface area contributed by atoms with Crippen molar-refractivity contribution in [3.63, 3.8) is 0 Å². The summed E-state index contributed by atoms with van der Waals surface area (Å²) in [5.74, 6) is 0.00168. The highest BCUT2D eigenvalue weighted by Crippen LogP contribution is 2.33. The Balaban J connectivity index is 1.66. The average molecular weight is 391 g/mol. The van der Waals surface area contributed by atoms with E-state index < -0.39 is 0 Å². The van der Waals surface area contributed by atoms with Gasteiger partial charge in [0.2, 0.25) is 11.8 Å². The van der Waals surface area contributed by atoms with Crippen LogP contribution in [0.4, 0.5) is 0 Å². The highest BCUT2D eigenvalue weighted by molar-refractivity contribution is 6.03. The first kappa shape index (κ1) is 23.0. The fourth-order valence-corrected chi connectivity index (χ4v) is 4.91. The second kappa shape index (κ2) is 11.0. The summed E-state index contributed by atoms with van der Waals surface area (Å²) in [6.07, 6.45) is 15.7. The Morgan fingerprint density at radius 1 is 0.964 bits per heavy atom. The van der Waals surface area contributed by atoms with Gasteiger partial charge in [-0.05, 0) is 26.7 Å². The largest absolute Gasteiger partial charge is 0.384 e. The van der Waals surface area contributed by atoms with Crippen molar-refractivity contribution in [1.82, 2.24) is 10.2 Å². The van der Waals surface area contributed by atoms with Gasteiger partial charge in [0.05, 0.1) is 0 Å². The molecule has 2 heterocycles. The highest BCUT2D eigenvalue weighted by atomic mass is 16.2. The zero-order chi connectivity index (χ0) is 20.6. The number of unbranched alkanes of at least 4 members (excludes halogenated alkanes) is 9. The summed E-state index contributed by atoms with van der Waals surface area (Å²) in [7, 11) is 0. The zero-order valence-corrected chi connectivity index (χ0v) is 18.5. The summed E-state index contributed by atoms with van der Waals surface area (Å²) in [4.78, 5) is 27.0. The standard InChI is InChI=1S/C24H42N2O2/c1-5-6-7-8-9-10-11-12-13-14-15-20-17-22(27)26(23(20)28)21-16-19(2)25-24(3,4)18-21/h20-21,25H,2,5-18H2,1,3-4H3. The van der Waals surface area contributed by atoms with E-state index in [1.807, 2.05) is 0 Å². The number of rotatable bonds is 12. The molecule has 0 spiro atoms. The summed E-state index contributed by atoms with van der Waals surface area (Å²) >= 11 is 0. The average Bonchev–Trinajstić information content (AvgIpc) is 2.88. The van der Waals surface area contributed by atoms with E-state index >= 15 is 0 Å². The molecule has 2 unspecified atom stereocenters. The van der Waals surface area contributed by atoms with E-state index in [9.17, 15) is 9.59 Å². The van der Waals surface area contributed by atoms with Gasteiger partial charge < -0.3 is 5.32 Å². The first-order valence-corrected chi connectivity index (χ1v) is 11.7. The van der Waals surface area contributed by atoms with E-state index in [0.29, 0.717) is 12.8 Å². The third-order valence-corrected chi connectivity index (χ3v) is 6.29. The SMILES string of the molecule is C=C1CC(N2C(=O)CC(CCCCCCCCCCCC)C2=O)CC(C)(C)N1. The summed E-state index contributed by atoms with van der Waals surface area (Å²) in [5, 5.41) is 3.38. The van der Waals surface area contributed by atoms with Crippen molar-refractivity contribution in [2.75, 3.05) is 0 Å². The number of likely N-dealkylation sites (tertiary alicyclic amines) is 1. The Morgan fingerprint density at radius 3 is 2.11 bits per heavy atom. The van der Waals surface area contributed by atoms with Crippen molar-refractivity contribution < 1.29 is 9.59 Å². The van der Waals surface area contributed by atoms with Crippen molar-refractivity contribution in [2.45, 2.75) is 122 Å². The number of nitrogens with one attached hydrogen (secondary N) is 1. The van der Waals surface area contributed by atoms with E-state index in [4.69, 9.17) is 0 Å². The fourth-order valence-electron chi connectivity index (χ4n) is 4.91. The second-order valence-corrected chi connectivity index (χ2v) is 9.65. The van der Waals surface area contributed by atoms with Crippen LogP contribution in [0.5, 0.6) is 0 Å². The third-order valence-electron chi connectivity index (χ3n) is 6.29. The lowest BCUT2D eigenvalue weighted by atomic mass is 9.87. The fraction of sp³-hybridized carbons (Fsp3) is 0.833. The van der Waals surface area contributed by atoms with Gasteiger partial charge in [0.1, 0.15) is 0 Å². The van der Waals surface area contributed by atoms with Gasteiger partial charge >= 0.3 is 0 Å². The van der Waals surface area contributed by atoms with Gasteiger partial charge in [-0.1, -0.05) is 77.7 Å². The molecule has 0 radical (unpaired) electrons. The molecule has 2 aliphatic heterocycles. The lowest BCUT2D eigenvalue weighted by Crippen LogP contribution is -2.53. The van der Waals surface area contributed by atoms with Crippen LogP contribution in [0.3, 0.4) is 0 Å². The van der Waals surface area contributed by atoms with E-state index in [1.54, 1.807) is 4.90 Å². The van der Waals surface area contributed by atoms with Crippen LogP contribution in [0, 0.1) is 5.92 Å². The molecule has 0 aliphatic carbocycles. The van der Waals surface area contributed by atoms with Gasteiger partial charge in [-0.2, -0.15) is 0 Å². The van der Waals surface area contributed by atoms with Gasteiger partial charge in [-0.25, -0.2) is 0 Å². The second-order valence-electron chi connectivity index (χ2n) is 9.65. The van der Waals surface area contributed by atoms with Crippen molar-refractivity contribution in [1.29, 1.82) is 0 Å². The molecule has 4 heteroatoms. The van der Waals surface area contributed by atoms with Crippen LogP contribution in [0.25, 0.3) is 0 Å². The molecule has 2 fully saturated rings. The normalized spacial score (nSPS) is 24.7. The topological polar surface area (TPSA) is 49.4 Å². The van der Waals surface area contributed by atoms with Crippen molar-refractivity contribution in [3.8, 4) is 0 Å². The minimum atomic E-state index is -0.116. The van der Waals surface area contributed by atoms with Gasteiger partial charge in [0.15, 0.2) is 0 Å². The van der Waals surface area contributed by atoms with Gasteiger partial charge in [-0.15, -0.1) is 0 Å². The number of imide groups is 1. The first-order chi connectivity index (χ1) is 13.3. The molecule has 2 rings (SSSR count). The van der Waals surface area contributed by atoms with E-state index in [0.717, 1.165) is 25.0 Å². The molecule has 0 saturated carbocycles. The number of hydrogen-bond donors (Lipinski definition) is 1. The molecule has 160 valence electrons. The van der Waals surface area contributed by atoms with Crippen LogP contribution in [-0.4, -0.2) is 28.3 Å². The molecule has 2 amide bonds. The minimum absolute atomic E-state index is 0.0255. The smallest absolute Gasteiger partial charge is 0.233 e. The third kappa shape index (κ3) is 6.93. The van der Waals surface area contributed by atoms with Gasteiger partial charge in [-0.3, -0.25) is 14.5 Å². The molecule has 2 atom stereocenters. The first-order valence-electron chi connectivity index (χ1n) is 11.7. The van der Waals surface area contributed by atoms with Crippen LogP contribution in [0.15, 0.2) is 12.3 Å². The number of amides is 2. The summed E-state index contributed by atoms with van der Waals surface area (Å²) in [5.41, 5.74) is 0.815. The molecule has 0 aromatic rings. The number of hydrogen-bond acceptors (Lipinski definition) is 3. The summed E-state index contributed by atoms with van der Waals surface area (Å²) in [6, 6.07) is -0.0264. The Hall–Kier alpha value is -1.32. The van der Waals surface area contributed by atoms with Crippen LogP contribution < -0.4 is 5.32 Å². The van der Waals surface area contributed by atoms with Crippen molar-refractivity contribution in [3.05, 3.63) is 12.3 Å². The van der Waals surface area contributed by atoms with E-state index in [-0.39, 0.29) is 29.3 Å². The number of carbonyl (C=O) groups excluding carboxylic acids is 2. The number of carbonyl (C=O) groups is 2. The molecule has 0 aromatic heterocycles. The minimum Gasteiger partial charge on any atom is -0.384 e. The Kier molecular flexibility index (Phi) is 9.04. The maximum atomic E-state index is 12.9. The predicted octanol–water partition coefficient (Wildman–Crippen LogP) is 5.72. The highest BCUT2D eigenvalue weighted by Gasteiger charge is 2.44. The number of piperidine rings is 1. The van der Waals surface area contributed by atoms with Crippen molar-refractivity contribution in [2.24, 2.45) is 5.92 Å². The molecule has 0 bridgehead atoms. The Morgan fingerprint density at radius 2 is 1.54 bits per heavy atom. The Bertz CT molecular complexity index is 541. The predicted molar refractivity (Wildman–Crippen MR) is 116 cm³/mol. The maximum absolute atomic E-state index is 12.9. The number of nitrogens with zero attached hydrogens (tertiary/aromatic N) is 1. The van der Waals surface area contributed by atoms with Crippen LogP contribution in [-0.2, 0) is 9.59 Å². The van der Waals surface area contributed by atoms with Crippen molar-refractivity contribution >= 4 is 11.8 Å². The molecular weight excluding hydrogens is 348 g/mol. The molecular formula is C24H42N2O2. The van der Waals surface area contributed by atoms with Gasteiger partial charge in [0, 0.05) is 36.0 Å². The molecule has 4 nitrogen and oxygen atoms in total. The molecule has 28 heavy (non-hydrogen) atoms. The van der Waals surface area contributed by atoms with E-state index in [2.05, 4.69) is 32.7 Å². The molecule has 0 aromatic carbocycles. The summed E-state index contributed by atoms with van der Waals surface area (Å²) < 4.78 is 0. The molecule has 1 N–H and O–H groups in total. The maximum Gasteiger partial charge on any atom is 0.233 e. The lowest BCUT2D eigenvalue weighted by molar-refractivity contribution is -0.143. The summed E-state index contributed by atoms with van der Waals surface area (Å²) in [6.45, 7) is 10.5. The lowest BCUT2D eigenvalue weighted by Gasteiger charge is -2.41. The zero-order valence-electron chi connectivity index (χ0n) is 18.5. The monoisotopic (exact) mass is 390 g/mol. The Labute approximate surface area is 172 Å². The van der Waals surface area contributed by atoms with E-state index in [1.165, 1.54) is 57.8 Å². The van der Waals surface area contributed by atoms with Crippen LogP contribution in [0.1, 0.15) is 111 Å². The molecule has 2 saturated heterocycles. The quantitative estimate of drug-likeness (QED) is 0.343. The molecule has 2 aliphatic rings. The van der Waals surface area contributed by atoms with Crippen LogP contribution >= 0.6 is 0 Å². The van der Waals surface area contributed by atoms with Gasteiger partial charge in [0.25, 0.3) is 0 Å². The van der Waals surface area contributed by atoms with Crippen LogP contribution in [0.2, 0.25) is 0 Å².